The van der Waals surface area contributed by atoms with Gasteiger partial charge in [-0.05, 0) is 42.8 Å². The van der Waals surface area contributed by atoms with E-state index >= 15 is 0 Å². The fraction of sp³-hybridized carbons (Fsp3) is 0.267. The molecule has 0 spiro atoms. The zero-order valence-electron chi connectivity index (χ0n) is 11.3. The van der Waals surface area contributed by atoms with Gasteiger partial charge in [-0.3, -0.25) is 0 Å². The summed E-state index contributed by atoms with van der Waals surface area (Å²) in [6.45, 7) is 1.33. The molecular formula is C15H17NO4. The van der Waals surface area contributed by atoms with Gasteiger partial charge >= 0.3 is 5.97 Å². The van der Waals surface area contributed by atoms with Crippen molar-refractivity contribution in [2.45, 2.75) is 13.0 Å². The molecule has 0 atom stereocenters. The molecule has 0 bridgehead atoms. The summed E-state index contributed by atoms with van der Waals surface area (Å²) >= 11 is 0. The average Bonchev–Trinajstić information content (AvgIpc) is 2.93. The molecular weight excluding hydrogens is 258 g/mol. The molecule has 1 aromatic carbocycles. The second-order valence-corrected chi connectivity index (χ2v) is 4.35. The Labute approximate surface area is 117 Å². The lowest BCUT2D eigenvalue weighted by Crippen LogP contribution is -2.16. The van der Waals surface area contributed by atoms with Gasteiger partial charge in [0.1, 0.15) is 11.5 Å². The van der Waals surface area contributed by atoms with Crippen molar-refractivity contribution in [1.82, 2.24) is 5.32 Å². The number of methoxy groups -OCH3 is 1. The number of rotatable bonds is 6. The molecule has 0 amide bonds. The maximum Gasteiger partial charge on any atom is 0.373 e. The van der Waals surface area contributed by atoms with E-state index in [1.165, 1.54) is 7.11 Å². The van der Waals surface area contributed by atoms with Crippen LogP contribution >= 0.6 is 0 Å². The second kappa shape index (κ2) is 6.77. The number of phenols is 1. The molecule has 20 heavy (non-hydrogen) atoms. The number of furan rings is 1. The Hall–Kier alpha value is -2.27. The van der Waals surface area contributed by atoms with Crippen molar-refractivity contribution in [3.63, 3.8) is 0 Å². The van der Waals surface area contributed by atoms with E-state index in [0.717, 1.165) is 18.5 Å². The van der Waals surface area contributed by atoms with Crippen LogP contribution in [0.5, 0.6) is 5.75 Å². The SMILES string of the molecule is COC(=O)c1ccc(CNCCc2ccc(O)cc2)o1. The first-order valence-electron chi connectivity index (χ1n) is 6.34. The number of benzene rings is 1. The van der Waals surface area contributed by atoms with Crippen molar-refractivity contribution >= 4 is 5.97 Å². The van der Waals surface area contributed by atoms with E-state index in [0.29, 0.717) is 12.3 Å². The van der Waals surface area contributed by atoms with Crippen LogP contribution in [-0.2, 0) is 17.7 Å². The predicted octanol–water partition coefficient (Wildman–Crippen LogP) is 2.10. The van der Waals surface area contributed by atoms with Crippen LogP contribution < -0.4 is 5.32 Å². The van der Waals surface area contributed by atoms with E-state index in [2.05, 4.69) is 10.1 Å². The summed E-state index contributed by atoms with van der Waals surface area (Å²) in [5.74, 6) is 0.701. The third kappa shape index (κ3) is 3.86. The van der Waals surface area contributed by atoms with Gasteiger partial charge < -0.3 is 19.6 Å². The molecule has 0 saturated carbocycles. The maximum atomic E-state index is 11.2. The second-order valence-electron chi connectivity index (χ2n) is 4.35. The summed E-state index contributed by atoms with van der Waals surface area (Å²) in [7, 11) is 1.32. The number of phenolic OH excluding ortho intramolecular Hbond substituents is 1. The van der Waals surface area contributed by atoms with Crippen LogP contribution in [0.4, 0.5) is 0 Å². The van der Waals surface area contributed by atoms with E-state index in [1.54, 1.807) is 24.3 Å². The lowest BCUT2D eigenvalue weighted by Gasteiger charge is -2.03. The minimum Gasteiger partial charge on any atom is -0.508 e. The number of hydrogen-bond donors (Lipinski definition) is 2. The molecule has 5 nitrogen and oxygen atoms in total. The third-order valence-corrected chi connectivity index (χ3v) is 2.87. The van der Waals surface area contributed by atoms with Crippen LogP contribution in [0.1, 0.15) is 21.9 Å². The molecule has 0 aliphatic rings. The maximum absolute atomic E-state index is 11.2. The van der Waals surface area contributed by atoms with Crippen molar-refractivity contribution in [2.24, 2.45) is 0 Å². The Morgan fingerprint density at radius 3 is 2.70 bits per heavy atom. The van der Waals surface area contributed by atoms with E-state index in [4.69, 9.17) is 4.42 Å². The predicted molar refractivity (Wildman–Crippen MR) is 73.6 cm³/mol. The average molecular weight is 275 g/mol. The summed E-state index contributed by atoms with van der Waals surface area (Å²) in [5, 5.41) is 12.4. The minimum atomic E-state index is -0.472. The lowest BCUT2D eigenvalue weighted by atomic mass is 10.1. The normalized spacial score (nSPS) is 10.4. The van der Waals surface area contributed by atoms with Crippen molar-refractivity contribution in [2.75, 3.05) is 13.7 Å². The molecule has 2 N–H and O–H groups in total. The number of hydrogen-bond acceptors (Lipinski definition) is 5. The Morgan fingerprint density at radius 1 is 1.25 bits per heavy atom. The van der Waals surface area contributed by atoms with Crippen molar-refractivity contribution < 1.29 is 19.1 Å². The van der Waals surface area contributed by atoms with Gasteiger partial charge in [-0.25, -0.2) is 4.79 Å². The van der Waals surface area contributed by atoms with Gasteiger partial charge in [0, 0.05) is 0 Å². The first-order chi connectivity index (χ1) is 9.69. The highest BCUT2D eigenvalue weighted by molar-refractivity contribution is 5.86. The number of esters is 1. The number of ether oxygens (including phenoxy) is 1. The Morgan fingerprint density at radius 2 is 2.00 bits per heavy atom. The van der Waals surface area contributed by atoms with Gasteiger partial charge in [0.25, 0.3) is 0 Å². The molecule has 0 unspecified atom stereocenters. The summed E-state index contributed by atoms with van der Waals surface area (Å²) in [4.78, 5) is 11.2. The quantitative estimate of drug-likeness (QED) is 0.624. The van der Waals surface area contributed by atoms with Gasteiger partial charge in [0.2, 0.25) is 5.76 Å². The van der Waals surface area contributed by atoms with Gasteiger partial charge in [-0.2, -0.15) is 0 Å². The molecule has 0 aliphatic heterocycles. The molecule has 0 aliphatic carbocycles. The Kier molecular flexibility index (Phi) is 4.79. The number of carbonyl (C=O) groups excluding carboxylic acids is 1. The zero-order valence-corrected chi connectivity index (χ0v) is 11.3. The first kappa shape index (κ1) is 14.1. The summed E-state index contributed by atoms with van der Waals surface area (Å²) < 4.78 is 9.90. The van der Waals surface area contributed by atoms with Crippen molar-refractivity contribution in [3.8, 4) is 5.75 Å². The van der Waals surface area contributed by atoms with E-state index in [1.807, 2.05) is 12.1 Å². The zero-order chi connectivity index (χ0) is 14.4. The molecule has 106 valence electrons. The van der Waals surface area contributed by atoms with Crippen molar-refractivity contribution in [3.05, 3.63) is 53.5 Å². The first-order valence-corrected chi connectivity index (χ1v) is 6.34. The largest absolute Gasteiger partial charge is 0.508 e. The van der Waals surface area contributed by atoms with E-state index < -0.39 is 5.97 Å². The molecule has 2 rings (SSSR count). The fourth-order valence-corrected chi connectivity index (χ4v) is 1.79. The number of carbonyl (C=O) groups is 1. The number of aromatic hydroxyl groups is 1. The van der Waals surface area contributed by atoms with Gasteiger partial charge in [-0.1, -0.05) is 12.1 Å². The van der Waals surface area contributed by atoms with Crippen LogP contribution in [0.3, 0.4) is 0 Å². The molecule has 0 radical (unpaired) electrons. The fourth-order valence-electron chi connectivity index (χ4n) is 1.79. The van der Waals surface area contributed by atoms with Crippen LogP contribution in [0.25, 0.3) is 0 Å². The standard InChI is InChI=1S/C15H17NO4/c1-19-15(18)14-7-6-13(20-14)10-16-9-8-11-2-4-12(17)5-3-11/h2-7,16-17H,8-10H2,1H3. The van der Waals surface area contributed by atoms with Gasteiger partial charge in [0.05, 0.1) is 13.7 Å². The van der Waals surface area contributed by atoms with E-state index in [9.17, 15) is 9.90 Å². The Bertz CT molecular complexity index is 560. The summed E-state index contributed by atoms with van der Waals surface area (Å²) in [6.07, 6.45) is 0.852. The third-order valence-electron chi connectivity index (χ3n) is 2.87. The minimum absolute atomic E-state index is 0.211. The van der Waals surface area contributed by atoms with Crippen LogP contribution in [0, 0.1) is 0 Å². The van der Waals surface area contributed by atoms with Crippen LogP contribution in [0.15, 0.2) is 40.8 Å². The number of nitrogens with one attached hydrogen (secondary N) is 1. The summed E-state index contributed by atoms with van der Waals surface area (Å²) in [6, 6.07) is 10.5. The Balaban J connectivity index is 1.74. The molecule has 1 aromatic heterocycles. The summed E-state index contributed by atoms with van der Waals surface area (Å²) in [5.41, 5.74) is 1.14. The van der Waals surface area contributed by atoms with Crippen molar-refractivity contribution in [1.29, 1.82) is 0 Å². The molecule has 0 saturated heterocycles. The topological polar surface area (TPSA) is 71.7 Å². The molecule has 0 fully saturated rings. The highest BCUT2D eigenvalue weighted by atomic mass is 16.5. The van der Waals surface area contributed by atoms with Gasteiger partial charge in [-0.15, -0.1) is 0 Å². The smallest absolute Gasteiger partial charge is 0.373 e. The lowest BCUT2D eigenvalue weighted by molar-refractivity contribution is 0.0563. The van der Waals surface area contributed by atoms with Crippen LogP contribution in [-0.4, -0.2) is 24.7 Å². The molecule has 5 heteroatoms. The monoisotopic (exact) mass is 275 g/mol. The van der Waals surface area contributed by atoms with Crippen LogP contribution in [0.2, 0.25) is 0 Å². The highest BCUT2D eigenvalue weighted by Gasteiger charge is 2.10. The molecule has 1 heterocycles. The van der Waals surface area contributed by atoms with Gasteiger partial charge in [0.15, 0.2) is 0 Å². The van der Waals surface area contributed by atoms with E-state index in [-0.39, 0.29) is 11.5 Å². The highest BCUT2D eigenvalue weighted by Crippen LogP contribution is 2.10. The molecule has 2 aromatic rings.